The van der Waals surface area contributed by atoms with Gasteiger partial charge >= 0.3 is 5.69 Å². The molecular formula is C21H25N5O3. The van der Waals surface area contributed by atoms with Crippen molar-refractivity contribution >= 4 is 16.8 Å². The minimum absolute atomic E-state index is 0.137. The van der Waals surface area contributed by atoms with Crippen LogP contribution in [0.1, 0.15) is 18.5 Å². The van der Waals surface area contributed by atoms with Gasteiger partial charge in [-0.1, -0.05) is 6.07 Å². The number of carbonyl (C=O) groups is 1. The minimum atomic E-state index is -0.368. The highest BCUT2D eigenvalue weighted by atomic mass is 16.5. The van der Waals surface area contributed by atoms with E-state index in [-0.39, 0.29) is 24.2 Å². The first-order valence-electron chi connectivity index (χ1n) is 9.77. The van der Waals surface area contributed by atoms with Crippen LogP contribution in [0.5, 0.6) is 5.75 Å². The van der Waals surface area contributed by atoms with Gasteiger partial charge in [0.25, 0.3) is 0 Å². The second-order valence-electron chi connectivity index (χ2n) is 7.47. The molecule has 1 aliphatic heterocycles. The molecule has 0 saturated carbocycles. The van der Waals surface area contributed by atoms with Crippen molar-refractivity contribution in [1.29, 1.82) is 0 Å². The zero-order valence-electron chi connectivity index (χ0n) is 16.5. The molecule has 4 rings (SSSR count). The highest BCUT2D eigenvalue weighted by molar-refractivity contribution is 5.87. The zero-order chi connectivity index (χ0) is 20.4. The van der Waals surface area contributed by atoms with Gasteiger partial charge in [-0.2, -0.15) is 0 Å². The van der Waals surface area contributed by atoms with Crippen molar-refractivity contribution in [2.24, 2.45) is 12.8 Å². The summed E-state index contributed by atoms with van der Waals surface area (Å²) in [4.78, 5) is 29.1. The van der Waals surface area contributed by atoms with Crippen LogP contribution in [0.25, 0.3) is 10.9 Å². The summed E-state index contributed by atoms with van der Waals surface area (Å²) in [6.45, 7) is 2.69. The number of carbonyl (C=O) groups excluding carboxylic acids is 1. The smallest absolute Gasteiger partial charge is 0.347 e. The maximum absolute atomic E-state index is 11.7. The quantitative estimate of drug-likeness (QED) is 0.678. The standard InChI is InChI=1S/C21H25N5O3/c1-24-15(5-9-23-21(24)28)13-25-10-6-16(7-11-25)29-19-4-2-3-18-17(19)8-12-26(18)14-20(22)27/h2-5,8-9,12,16H,6-7,10-11,13-14H2,1H3,(H2,22,27). The summed E-state index contributed by atoms with van der Waals surface area (Å²) in [7, 11) is 1.76. The van der Waals surface area contributed by atoms with Crippen LogP contribution in [0.4, 0.5) is 0 Å². The van der Waals surface area contributed by atoms with Gasteiger partial charge < -0.3 is 15.0 Å². The van der Waals surface area contributed by atoms with E-state index in [0.29, 0.717) is 0 Å². The first-order valence-corrected chi connectivity index (χ1v) is 9.77. The van der Waals surface area contributed by atoms with Crippen molar-refractivity contribution in [3.63, 3.8) is 0 Å². The van der Waals surface area contributed by atoms with Crippen LogP contribution in [0.2, 0.25) is 0 Å². The molecule has 1 saturated heterocycles. The van der Waals surface area contributed by atoms with E-state index in [9.17, 15) is 9.59 Å². The Labute approximate surface area is 168 Å². The number of piperidine rings is 1. The number of nitrogens with two attached hydrogens (primary N) is 1. The SMILES string of the molecule is Cn1c(CN2CCC(Oc3cccc4c3ccn4CC(N)=O)CC2)ccnc1=O. The maximum Gasteiger partial charge on any atom is 0.347 e. The van der Waals surface area contributed by atoms with E-state index in [1.54, 1.807) is 17.8 Å². The molecule has 0 bridgehead atoms. The zero-order valence-corrected chi connectivity index (χ0v) is 16.5. The Morgan fingerprint density at radius 3 is 2.79 bits per heavy atom. The first kappa shape index (κ1) is 19.2. The molecule has 1 aromatic carbocycles. The third-order valence-electron chi connectivity index (χ3n) is 5.48. The fourth-order valence-corrected chi connectivity index (χ4v) is 3.86. The van der Waals surface area contributed by atoms with E-state index in [0.717, 1.165) is 54.8 Å². The van der Waals surface area contributed by atoms with Crippen molar-refractivity contribution in [3.8, 4) is 5.75 Å². The molecule has 0 atom stereocenters. The van der Waals surface area contributed by atoms with Crippen LogP contribution < -0.4 is 16.2 Å². The van der Waals surface area contributed by atoms with Crippen molar-refractivity contribution in [3.05, 3.63) is 58.9 Å². The molecule has 0 spiro atoms. The molecule has 29 heavy (non-hydrogen) atoms. The lowest BCUT2D eigenvalue weighted by Gasteiger charge is -2.32. The van der Waals surface area contributed by atoms with E-state index in [2.05, 4.69) is 9.88 Å². The number of aromatic nitrogens is 3. The summed E-state index contributed by atoms with van der Waals surface area (Å²) in [5.74, 6) is 0.466. The summed E-state index contributed by atoms with van der Waals surface area (Å²) in [5.41, 5.74) is 7.01. The maximum atomic E-state index is 11.7. The monoisotopic (exact) mass is 395 g/mol. The van der Waals surface area contributed by atoms with Gasteiger partial charge in [0.05, 0.1) is 5.52 Å². The topological polar surface area (TPSA) is 95.4 Å². The predicted molar refractivity (Wildman–Crippen MR) is 110 cm³/mol. The molecule has 3 aromatic rings. The summed E-state index contributed by atoms with van der Waals surface area (Å²) in [6.07, 6.45) is 5.40. The summed E-state index contributed by atoms with van der Waals surface area (Å²) in [6, 6.07) is 9.73. The van der Waals surface area contributed by atoms with Gasteiger partial charge in [0.1, 0.15) is 18.4 Å². The number of hydrogen-bond acceptors (Lipinski definition) is 5. The Kier molecular flexibility index (Phi) is 5.35. The minimum Gasteiger partial charge on any atom is -0.490 e. The molecule has 1 fully saturated rings. The van der Waals surface area contributed by atoms with Crippen LogP contribution in [0, 0.1) is 0 Å². The lowest BCUT2D eigenvalue weighted by Crippen LogP contribution is -2.39. The van der Waals surface area contributed by atoms with E-state index in [1.807, 2.05) is 41.1 Å². The Bertz CT molecular complexity index is 1080. The fraction of sp³-hybridized carbons (Fsp3) is 0.381. The van der Waals surface area contributed by atoms with Crippen molar-refractivity contribution in [2.45, 2.75) is 32.0 Å². The number of fused-ring (bicyclic) bond motifs is 1. The van der Waals surface area contributed by atoms with Crippen molar-refractivity contribution in [1.82, 2.24) is 19.0 Å². The number of nitrogens with zero attached hydrogens (tertiary/aromatic N) is 4. The highest BCUT2D eigenvalue weighted by Gasteiger charge is 2.22. The lowest BCUT2D eigenvalue weighted by molar-refractivity contribution is -0.118. The molecule has 0 aliphatic carbocycles. The third-order valence-corrected chi connectivity index (χ3v) is 5.48. The molecule has 2 aromatic heterocycles. The van der Waals surface area contributed by atoms with Gasteiger partial charge in [-0.25, -0.2) is 9.78 Å². The second kappa shape index (κ2) is 8.08. The number of hydrogen-bond donors (Lipinski definition) is 1. The average molecular weight is 395 g/mol. The van der Waals surface area contributed by atoms with E-state index in [4.69, 9.17) is 10.5 Å². The van der Waals surface area contributed by atoms with Gasteiger partial charge in [-0.05, 0) is 37.1 Å². The molecule has 0 unspecified atom stereocenters. The molecule has 8 heteroatoms. The van der Waals surface area contributed by atoms with Crippen LogP contribution in [0.15, 0.2) is 47.5 Å². The second-order valence-corrected chi connectivity index (χ2v) is 7.47. The number of ether oxygens (including phenoxy) is 1. The molecule has 3 heterocycles. The van der Waals surface area contributed by atoms with E-state index >= 15 is 0 Å². The Balaban J connectivity index is 1.40. The molecule has 1 amide bonds. The fourth-order valence-electron chi connectivity index (χ4n) is 3.86. The number of amides is 1. The normalized spacial score (nSPS) is 15.6. The number of primary amides is 1. The van der Waals surface area contributed by atoms with Crippen LogP contribution in [-0.2, 0) is 24.9 Å². The van der Waals surface area contributed by atoms with Crippen LogP contribution >= 0.6 is 0 Å². The molecule has 0 radical (unpaired) electrons. The molecule has 152 valence electrons. The van der Waals surface area contributed by atoms with E-state index in [1.165, 1.54) is 0 Å². The largest absolute Gasteiger partial charge is 0.490 e. The van der Waals surface area contributed by atoms with Crippen molar-refractivity contribution in [2.75, 3.05) is 13.1 Å². The Hall–Kier alpha value is -3.13. The highest BCUT2D eigenvalue weighted by Crippen LogP contribution is 2.29. The van der Waals surface area contributed by atoms with Gasteiger partial charge in [0.15, 0.2) is 0 Å². The summed E-state index contributed by atoms with van der Waals surface area (Å²) >= 11 is 0. The Morgan fingerprint density at radius 1 is 1.24 bits per heavy atom. The molecule has 8 nitrogen and oxygen atoms in total. The third kappa shape index (κ3) is 4.17. The van der Waals surface area contributed by atoms with E-state index < -0.39 is 0 Å². The average Bonchev–Trinajstić information content (AvgIpc) is 3.10. The van der Waals surface area contributed by atoms with Gasteiger partial charge in [0.2, 0.25) is 5.91 Å². The molecule has 1 aliphatic rings. The number of likely N-dealkylation sites (tertiary alicyclic amines) is 1. The number of benzene rings is 1. The summed E-state index contributed by atoms with van der Waals surface area (Å²) in [5, 5.41) is 0.989. The lowest BCUT2D eigenvalue weighted by atomic mass is 10.1. The molecular weight excluding hydrogens is 370 g/mol. The molecule has 2 N–H and O–H groups in total. The van der Waals surface area contributed by atoms with Crippen LogP contribution in [0.3, 0.4) is 0 Å². The van der Waals surface area contributed by atoms with Gasteiger partial charge in [-0.3, -0.25) is 14.3 Å². The summed E-state index contributed by atoms with van der Waals surface area (Å²) < 4.78 is 9.74. The Morgan fingerprint density at radius 2 is 2.03 bits per heavy atom. The first-order chi connectivity index (χ1) is 14.0. The van der Waals surface area contributed by atoms with Crippen molar-refractivity contribution < 1.29 is 9.53 Å². The van der Waals surface area contributed by atoms with Gasteiger partial charge in [-0.15, -0.1) is 0 Å². The van der Waals surface area contributed by atoms with Gasteiger partial charge in [0, 0.05) is 50.2 Å². The van der Waals surface area contributed by atoms with Crippen LogP contribution in [-0.4, -0.2) is 44.1 Å². The predicted octanol–water partition coefficient (Wildman–Crippen LogP) is 1.26. The number of rotatable bonds is 6.